The van der Waals surface area contributed by atoms with Gasteiger partial charge in [0, 0.05) is 33.3 Å². The zero-order valence-electron chi connectivity index (χ0n) is 12.9. The smallest absolute Gasteiger partial charge is 0.101 e. The van der Waals surface area contributed by atoms with Crippen LogP contribution in [0, 0.1) is 11.3 Å². The van der Waals surface area contributed by atoms with Crippen molar-refractivity contribution in [1.29, 1.82) is 5.26 Å². The summed E-state index contributed by atoms with van der Waals surface area (Å²) in [5, 5.41) is 21.8. The Morgan fingerprint density at radius 1 is 1.38 bits per heavy atom. The number of nitrogens with one attached hydrogen (secondary N) is 1. The number of anilines is 1. The second-order valence-electron chi connectivity index (χ2n) is 4.84. The van der Waals surface area contributed by atoms with Crippen LogP contribution >= 0.6 is 0 Å². The highest BCUT2D eigenvalue weighted by Gasteiger charge is 2.11. The number of nitriles is 1. The summed E-state index contributed by atoms with van der Waals surface area (Å²) in [6.45, 7) is 5.73. The number of ether oxygens (including phenoxy) is 1. The Morgan fingerprint density at radius 2 is 2.19 bits per heavy atom. The van der Waals surface area contributed by atoms with E-state index in [2.05, 4.69) is 23.2 Å². The molecule has 0 aromatic heterocycles. The summed E-state index contributed by atoms with van der Waals surface area (Å²) in [6, 6.07) is 8.16. The van der Waals surface area contributed by atoms with Gasteiger partial charge in [-0.1, -0.05) is 13.0 Å². The molecular weight excluding hydrogens is 266 g/mol. The average molecular weight is 291 g/mol. The maximum Gasteiger partial charge on any atom is 0.101 e. The van der Waals surface area contributed by atoms with E-state index in [9.17, 15) is 5.26 Å². The van der Waals surface area contributed by atoms with Crippen LogP contribution in [0.2, 0.25) is 0 Å². The average Bonchev–Trinajstić information content (AvgIpc) is 2.51. The largest absolute Gasteiger partial charge is 0.395 e. The van der Waals surface area contributed by atoms with Crippen molar-refractivity contribution in [2.75, 3.05) is 44.9 Å². The van der Waals surface area contributed by atoms with Crippen molar-refractivity contribution in [3.8, 4) is 6.07 Å². The van der Waals surface area contributed by atoms with Crippen LogP contribution in [-0.2, 0) is 11.3 Å². The van der Waals surface area contributed by atoms with E-state index < -0.39 is 0 Å². The van der Waals surface area contributed by atoms with E-state index in [0.717, 1.165) is 30.8 Å². The van der Waals surface area contributed by atoms with Crippen molar-refractivity contribution in [1.82, 2.24) is 5.32 Å². The maximum absolute atomic E-state index is 9.36. The van der Waals surface area contributed by atoms with Gasteiger partial charge in [0.25, 0.3) is 0 Å². The minimum absolute atomic E-state index is 0.0885. The molecule has 0 heterocycles. The summed E-state index contributed by atoms with van der Waals surface area (Å²) in [7, 11) is 1.67. The standard InChI is InChI=1S/C16H25N3O2/c1-3-7-19(8-9-20)16-5-4-14(11-15(16)12-17)13-18-6-10-21-2/h4-5,11,18,20H,3,6-10,13H2,1-2H3. The van der Waals surface area contributed by atoms with Gasteiger partial charge in [-0.25, -0.2) is 0 Å². The molecule has 0 radical (unpaired) electrons. The number of aliphatic hydroxyl groups excluding tert-OH is 1. The third-order valence-electron chi connectivity index (χ3n) is 3.20. The number of methoxy groups -OCH3 is 1. The topological polar surface area (TPSA) is 68.5 Å². The summed E-state index contributed by atoms with van der Waals surface area (Å²) >= 11 is 0. The quantitative estimate of drug-likeness (QED) is 0.639. The van der Waals surface area contributed by atoms with Gasteiger partial charge in [-0.15, -0.1) is 0 Å². The monoisotopic (exact) mass is 291 g/mol. The Bertz CT molecular complexity index is 451. The Labute approximate surface area is 127 Å². The molecule has 1 rings (SSSR count). The van der Waals surface area contributed by atoms with Crippen molar-refractivity contribution in [3.05, 3.63) is 29.3 Å². The van der Waals surface area contributed by atoms with Crippen molar-refractivity contribution < 1.29 is 9.84 Å². The fourth-order valence-electron chi connectivity index (χ4n) is 2.21. The van der Waals surface area contributed by atoms with Gasteiger partial charge in [-0.2, -0.15) is 5.26 Å². The van der Waals surface area contributed by atoms with Crippen LogP contribution in [0.25, 0.3) is 0 Å². The minimum Gasteiger partial charge on any atom is -0.395 e. The van der Waals surface area contributed by atoms with E-state index in [1.165, 1.54) is 0 Å². The zero-order chi connectivity index (χ0) is 15.5. The van der Waals surface area contributed by atoms with E-state index in [4.69, 9.17) is 9.84 Å². The van der Waals surface area contributed by atoms with Gasteiger partial charge < -0.3 is 20.1 Å². The van der Waals surface area contributed by atoms with E-state index in [0.29, 0.717) is 25.3 Å². The molecule has 0 fully saturated rings. The van der Waals surface area contributed by atoms with Crippen molar-refractivity contribution in [2.45, 2.75) is 19.9 Å². The molecule has 0 bridgehead atoms. The van der Waals surface area contributed by atoms with Crippen LogP contribution in [0.5, 0.6) is 0 Å². The second kappa shape index (κ2) is 10.2. The molecule has 21 heavy (non-hydrogen) atoms. The first-order valence-corrected chi connectivity index (χ1v) is 7.35. The van der Waals surface area contributed by atoms with Crippen LogP contribution in [-0.4, -0.2) is 45.1 Å². The van der Waals surface area contributed by atoms with Gasteiger partial charge >= 0.3 is 0 Å². The Morgan fingerprint density at radius 3 is 2.81 bits per heavy atom. The molecule has 0 atom stereocenters. The molecule has 0 aliphatic rings. The van der Waals surface area contributed by atoms with Crippen molar-refractivity contribution in [3.63, 3.8) is 0 Å². The van der Waals surface area contributed by atoms with Gasteiger partial charge in [0.15, 0.2) is 0 Å². The number of hydrogen-bond donors (Lipinski definition) is 2. The molecule has 0 unspecified atom stereocenters. The molecule has 0 amide bonds. The number of nitrogens with zero attached hydrogens (tertiary/aromatic N) is 2. The molecule has 0 spiro atoms. The lowest BCUT2D eigenvalue weighted by atomic mass is 10.1. The summed E-state index contributed by atoms with van der Waals surface area (Å²) < 4.78 is 4.98. The van der Waals surface area contributed by atoms with Gasteiger partial charge in [-0.05, 0) is 24.1 Å². The molecule has 0 saturated heterocycles. The first-order valence-electron chi connectivity index (χ1n) is 7.35. The second-order valence-corrected chi connectivity index (χ2v) is 4.84. The van der Waals surface area contributed by atoms with Crippen LogP contribution in [0.15, 0.2) is 18.2 Å². The first kappa shape index (κ1) is 17.4. The van der Waals surface area contributed by atoms with Gasteiger partial charge in [0.2, 0.25) is 0 Å². The fraction of sp³-hybridized carbons (Fsp3) is 0.562. The molecule has 5 heteroatoms. The van der Waals surface area contributed by atoms with Crippen LogP contribution < -0.4 is 10.2 Å². The number of benzene rings is 1. The van der Waals surface area contributed by atoms with Gasteiger partial charge in [0.1, 0.15) is 6.07 Å². The van der Waals surface area contributed by atoms with E-state index >= 15 is 0 Å². The first-order chi connectivity index (χ1) is 10.3. The Hall–Kier alpha value is -1.61. The van der Waals surface area contributed by atoms with E-state index in [1.54, 1.807) is 7.11 Å². The molecule has 1 aromatic carbocycles. The molecule has 5 nitrogen and oxygen atoms in total. The van der Waals surface area contributed by atoms with Gasteiger partial charge in [0.05, 0.1) is 24.5 Å². The predicted molar refractivity (Wildman–Crippen MR) is 84.3 cm³/mol. The molecule has 0 aliphatic heterocycles. The van der Waals surface area contributed by atoms with Gasteiger partial charge in [-0.3, -0.25) is 0 Å². The lowest BCUT2D eigenvalue weighted by molar-refractivity contribution is 0.199. The Balaban J connectivity index is 2.80. The van der Waals surface area contributed by atoms with E-state index in [1.807, 2.05) is 18.2 Å². The molecular formula is C16H25N3O2. The zero-order valence-corrected chi connectivity index (χ0v) is 12.9. The molecule has 1 aromatic rings. The summed E-state index contributed by atoms with van der Waals surface area (Å²) in [4.78, 5) is 2.06. The lowest BCUT2D eigenvalue weighted by Crippen LogP contribution is -2.28. The predicted octanol–water partition coefficient (Wildman–Crippen LogP) is 1.50. The highest BCUT2D eigenvalue weighted by Crippen LogP contribution is 2.21. The lowest BCUT2D eigenvalue weighted by Gasteiger charge is -2.24. The van der Waals surface area contributed by atoms with Crippen LogP contribution in [0.4, 0.5) is 5.69 Å². The summed E-state index contributed by atoms with van der Waals surface area (Å²) in [5.41, 5.74) is 2.63. The number of hydrogen-bond acceptors (Lipinski definition) is 5. The SMILES string of the molecule is CCCN(CCO)c1ccc(CNCCOC)cc1C#N. The van der Waals surface area contributed by atoms with Crippen molar-refractivity contribution >= 4 is 5.69 Å². The Kier molecular flexibility index (Phi) is 8.44. The van der Waals surface area contributed by atoms with Crippen LogP contribution in [0.1, 0.15) is 24.5 Å². The molecule has 116 valence electrons. The normalized spacial score (nSPS) is 10.4. The molecule has 2 N–H and O–H groups in total. The number of rotatable bonds is 10. The van der Waals surface area contributed by atoms with E-state index in [-0.39, 0.29) is 6.61 Å². The summed E-state index contributed by atoms with van der Waals surface area (Å²) in [6.07, 6.45) is 0.977. The molecule has 0 saturated carbocycles. The highest BCUT2D eigenvalue weighted by molar-refractivity contribution is 5.60. The third kappa shape index (κ3) is 5.72. The maximum atomic E-state index is 9.36. The third-order valence-corrected chi connectivity index (χ3v) is 3.20. The summed E-state index contributed by atoms with van der Waals surface area (Å²) in [5.74, 6) is 0. The highest BCUT2D eigenvalue weighted by atomic mass is 16.5. The van der Waals surface area contributed by atoms with Crippen LogP contribution in [0.3, 0.4) is 0 Å². The van der Waals surface area contributed by atoms with Crippen molar-refractivity contribution in [2.24, 2.45) is 0 Å². The minimum atomic E-state index is 0.0885. The number of aliphatic hydroxyl groups is 1. The molecule has 0 aliphatic carbocycles. The fourth-order valence-corrected chi connectivity index (χ4v) is 2.21.